The quantitative estimate of drug-likeness (QED) is 0.657. The van der Waals surface area contributed by atoms with E-state index in [-0.39, 0.29) is 17.4 Å². The molecule has 1 saturated heterocycles. The predicted octanol–water partition coefficient (Wildman–Crippen LogP) is 3.64. The molecule has 3 aromatic rings. The Labute approximate surface area is 173 Å². The maximum atomic E-state index is 13.5. The van der Waals surface area contributed by atoms with Crippen molar-refractivity contribution in [3.05, 3.63) is 70.3 Å². The summed E-state index contributed by atoms with van der Waals surface area (Å²) in [6.45, 7) is 6.36. The van der Waals surface area contributed by atoms with Crippen molar-refractivity contribution in [2.45, 2.75) is 13.8 Å². The molecule has 6 nitrogen and oxygen atoms in total. The number of aryl methyl sites for hydroxylation is 2. The molecular weight excluding hydrogens is 393 g/mol. The number of benzene rings is 2. The second-order valence-corrected chi connectivity index (χ2v) is 7.63. The van der Waals surface area contributed by atoms with Crippen LogP contribution >= 0.6 is 11.6 Å². The molecule has 8 heteroatoms. The first kappa shape index (κ1) is 19.4. The van der Waals surface area contributed by atoms with Gasteiger partial charge in [0.2, 0.25) is 0 Å². The largest absolute Gasteiger partial charge is 0.368 e. The third-order valence-electron chi connectivity index (χ3n) is 5.20. The van der Waals surface area contributed by atoms with Crippen LogP contribution in [-0.2, 0) is 0 Å². The van der Waals surface area contributed by atoms with Gasteiger partial charge in [-0.05, 0) is 55.3 Å². The normalized spacial score (nSPS) is 14.3. The van der Waals surface area contributed by atoms with Crippen LogP contribution in [0.4, 0.5) is 10.1 Å². The van der Waals surface area contributed by atoms with Gasteiger partial charge in [0.25, 0.3) is 5.91 Å². The van der Waals surface area contributed by atoms with E-state index in [0.717, 1.165) is 24.3 Å². The van der Waals surface area contributed by atoms with Crippen LogP contribution in [0.2, 0.25) is 5.02 Å². The minimum absolute atomic E-state index is 0.155. The molecule has 0 unspecified atom stereocenters. The van der Waals surface area contributed by atoms with Crippen LogP contribution in [0.15, 0.2) is 42.6 Å². The molecule has 1 fully saturated rings. The Kier molecular flexibility index (Phi) is 5.24. The smallest absolute Gasteiger partial charge is 0.276 e. The van der Waals surface area contributed by atoms with Gasteiger partial charge in [-0.2, -0.15) is 0 Å². The van der Waals surface area contributed by atoms with Crippen LogP contribution in [-0.4, -0.2) is 52.0 Å². The Morgan fingerprint density at radius 3 is 2.52 bits per heavy atom. The number of hydrogen-bond donors (Lipinski definition) is 0. The molecule has 0 radical (unpaired) electrons. The zero-order chi connectivity index (χ0) is 20.5. The van der Waals surface area contributed by atoms with E-state index in [1.807, 2.05) is 18.2 Å². The van der Waals surface area contributed by atoms with Gasteiger partial charge < -0.3 is 9.80 Å². The van der Waals surface area contributed by atoms with Gasteiger partial charge in [0, 0.05) is 36.9 Å². The van der Waals surface area contributed by atoms with Crippen LogP contribution < -0.4 is 4.90 Å². The van der Waals surface area contributed by atoms with Gasteiger partial charge in [-0.25, -0.2) is 9.07 Å². The van der Waals surface area contributed by atoms with Gasteiger partial charge in [-0.15, -0.1) is 5.10 Å². The average Bonchev–Trinajstić information content (AvgIpc) is 3.22. The number of carbonyl (C=O) groups is 1. The summed E-state index contributed by atoms with van der Waals surface area (Å²) in [7, 11) is 0. The Hall–Kier alpha value is -2.93. The number of anilines is 1. The van der Waals surface area contributed by atoms with E-state index in [4.69, 9.17) is 11.6 Å². The molecule has 0 aliphatic carbocycles. The third kappa shape index (κ3) is 3.96. The first-order chi connectivity index (χ1) is 13.9. The van der Waals surface area contributed by atoms with Crippen molar-refractivity contribution in [2.75, 3.05) is 31.1 Å². The zero-order valence-electron chi connectivity index (χ0n) is 16.3. The predicted molar refractivity (Wildman–Crippen MR) is 110 cm³/mol. The molecule has 150 valence electrons. The molecule has 29 heavy (non-hydrogen) atoms. The van der Waals surface area contributed by atoms with Crippen molar-refractivity contribution in [1.82, 2.24) is 19.9 Å². The molecule has 0 saturated carbocycles. The number of carbonyl (C=O) groups excluding carboxylic acids is 1. The van der Waals surface area contributed by atoms with Gasteiger partial charge >= 0.3 is 0 Å². The summed E-state index contributed by atoms with van der Waals surface area (Å²) < 4.78 is 15.0. The first-order valence-corrected chi connectivity index (χ1v) is 9.79. The number of nitrogens with zero attached hydrogens (tertiary/aromatic N) is 5. The van der Waals surface area contributed by atoms with Crippen molar-refractivity contribution >= 4 is 23.2 Å². The second-order valence-electron chi connectivity index (χ2n) is 7.19. The lowest BCUT2D eigenvalue weighted by atomic mass is 10.1. The standard InChI is InChI=1S/C21H21ClFN5O/c1-14-3-4-16(22)12-20(14)26-7-9-27(10-8-26)21(29)19-13-28(25-24-19)17-5-6-18(23)15(2)11-17/h3-6,11-13H,7-10H2,1-2H3. The maximum Gasteiger partial charge on any atom is 0.276 e. The van der Waals surface area contributed by atoms with Crippen molar-refractivity contribution < 1.29 is 9.18 Å². The molecule has 0 N–H and O–H groups in total. The van der Waals surface area contributed by atoms with Crippen molar-refractivity contribution in [3.63, 3.8) is 0 Å². The van der Waals surface area contributed by atoms with Crippen LogP contribution in [0.3, 0.4) is 0 Å². The molecule has 0 bridgehead atoms. The Morgan fingerprint density at radius 1 is 1.03 bits per heavy atom. The minimum Gasteiger partial charge on any atom is -0.368 e. The highest BCUT2D eigenvalue weighted by molar-refractivity contribution is 6.30. The Balaban J connectivity index is 1.44. The number of rotatable bonds is 3. The lowest BCUT2D eigenvalue weighted by Gasteiger charge is -2.36. The Bertz CT molecular complexity index is 1060. The molecule has 4 rings (SSSR count). The molecular formula is C21H21ClFN5O. The zero-order valence-corrected chi connectivity index (χ0v) is 17.0. The van der Waals surface area contributed by atoms with Gasteiger partial charge in [0.05, 0.1) is 11.9 Å². The fraction of sp³-hybridized carbons (Fsp3) is 0.286. The van der Waals surface area contributed by atoms with Gasteiger partial charge in [-0.3, -0.25) is 4.79 Å². The van der Waals surface area contributed by atoms with Crippen LogP contribution in [0.1, 0.15) is 21.6 Å². The van der Waals surface area contributed by atoms with Crippen molar-refractivity contribution in [2.24, 2.45) is 0 Å². The summed E-state index contributed by atoms with van der Waals surface area (Å²) >= 11 is 6.14. The fourth-order valence-electron chi connectivity index (χ4n) is 3.50. The van der Waals surface area contributed by atoms with Gasteiger partial charge in [-0.1, -0.05) is 22.9 Å². The summed E-state index contributed by atoms with van der Waals surface area (Å²) in [6.07, 6.45) is 1.59. The van der Waals surface area contributed by atoms with Crippen molar-refractivity contribution in [1.29, 1.82) is 0 Å². The molecule has 1 aliphatic rings. The highest BCUT2D eigenvalue weighted by Gasteiger charge is 2.25. The van der Waals surface area contributed by atoms with E-state index in [2.05, 4.69) is 22.1 Å². The minimum atomic E-state index is -0.280. The van der Waals surface area contributed by atoms with Gasteiger partial charge in [0.1, 0.15) is 5.82 Å². The maximum absolute atomic E-state index is 13.5. The summed E-state index contributed by atoms with van der Waals surface area (Å²) in [6, 6.07) is 10.5. The number of amides is 1. The fourth-order valence-corrected chi connectivity index (χ4v) is 3.66. The summed E-state index contributed by atoms with van der Waals surface area (Å²) in [5.74, 6) is -0.435. The summed E-state index contributed by atoms with van der Waals surface area (Å²) in [5.41, 5.74) is 3.71. The molecule has 2 aromatic carbocycles. The topological polar surface area (TPSA) is 54.3 Å². The van der Waals surface area contributed by atoms with E-state index in [0.29, 0.717) is 29.4 Å². The molecule has 0 atom stereocenters. The lowest BCUT2D eigenvalue weighted by Crippen LogP contribution is -2.49. The third-order valence-corrected chi connectivity index (χ3v) is 5.43. The monoisotopic (exact) mass is 413 g/mol. The van der Waals surface area contributed by atoms with Crippen LogP contribution in [0, 0.1) is 19.7 Å². The van der Waals surface area contributed by atoms with E-state index in [1.165, 1.54) is 10.7 Å². The van der Waals surface area contributed by atoms with Crippen molar-refractivity contribution in [3.8, 4) is 5.69 Å². The van der Waals surface area contributed by atoms with E-state index in [9.17, 15) is 9.18 Å². The highest BCUT2D eigenvalue weighted by Crippen LogP contribution is 2.25. The van der Waals surface area contributed by atoms with E-state index >= 15 is 0 Å². The molecule has 1 amide bonds. The highest BCUT2D eigenvalue weighted by atomic mass is 35.5. The van der Waals surface area contributed by atoms with Crippen LogP contribution in [0.5, 0.6) is 0 Å². The SMILES string of the molecule is Cc1cc(-n2cc(C(=O)N3CCN(c4cc(Cl)ccc4C)CC3)nn2)ccc1F. The van der Waals surface area contributed by atoms with E-state index in [1.54, 1.807) is 30.2 Å². The number of hydrogen-bond acceptors (Lipinski definition) is 4. The first-order valence-electron chi connectivity index (χ1n) is 9.41. The van der Waals surface area contributed by atoms with E-state index < -0.39 is 0 Å². The number of aromatic nitrogens is 3. The number of piperazine rings is 1. The molecule has 0 spiro atoms. The van der Waals surface area contributed by atoms with Crippen LogP contribution in [0.25, 0.3) is 5.69 Å². The molecule has 1 aliphatic heterocycles. The second kappa shape index (κ2) is 7.83. The summed E-state index contributed by atoms with van der Waals surface area (Å²) in [5, 5.41) is 8.75. The van der Waals surface area contributed by atoms with Gasteiger partial charge in [0.15, 0.2) is 5.69 Å². The Morgan fingerprint density at radius 2 is 1.79 bits per heavy atom. The lowest BCUT2D eigenvalue weighted by molar-refractivity contribution is 0.0740. The summed E-state index contributed by atoms with van der Waals surface area (Å²) in [4.78, 5) is 16.9. The number of halogens is 2. The average molecular weight is 414 g/mol. The molecule has 1 aromatic heterocycles. The molecule has 2 heterocycles.